The van der Waals surface area contributed by atoms with Crippen LogP contribution in [0.3, 0.4) is 0 Å². The topological polar surface area (TPSA) is 44.9 Å². The van der Waals surface area contributed by atoms with Crippen molar-refractivity contribution < 1.29 is 18.0 Å². The summed E-state index contributed by atoms with van der Waals surface area (Å²) >= 11 is 0. The second-order valence-corrected chi connectivity index (χ2v) is 7.62. The van der Waals surface area contributed by atoms with Gasteiger partial charge in [0.05, 0.1) is 11.1 Å². The Balaban J connectivity index is 1.78. The van der Waals surface area contributed by atoms with Crippen molar-refractivity contribution in [3.63, 3.8) is 0 Å². The normalized spacial score (nSPS) is 20.0. The van der Waals surface area contributed by atoms with Crippen LogP contribution in [0.25, 0.3) is 11.6 Å². The second-order valence-electron chi connectivity index (χ2n) is 7.62. The molecule has 0 fully saturated rings. The molecule has 136 valence electrons. The predicted molar refractivity (Wildman–Crippen MR) is 94.7 cm³/mol. The molecule has 26 heavy (non-hydrogen) atoms. The van der Waals surface area contributed by atoms with Crippen molar-refractivity contribution in [1.82, 2.24) is 4.98 Å². The first-order chi connectivity index (χ1) is 12.1. The molecule has 2 aliphatic rings. The number of carbonyl (C=O) groups excluding carboxylic acids is 1. The Kier molecular flexibility index (Phi) is 3.58. The van der Waals surface area contributed by atoms with Crippen molar-refractivity contribution in [2.45, 2.75) is 44.7 Å². The number of fused-ring (bicyclic) bond motifs is 2. The molecule has 1 aromatic carbocycles. The van der Waals surface area contributed by atoms with Gasteiger partial charge in [-0.15, -0.1) is 0 Å². The van der Waals surface area contributed by atoms with Crippen molar-refractivity contribution in [2.75, 3.05) is 5.32 Å². The minimum atomic E-state index is -4.44. The maximum atomic E-state index is 13.0. The predicted octanol–water partition coefficient (Wildman–Crippen LogP) is 5.14. The molecular formula is C20H19F3N2O. The zero-order chi connectivity index (χ0) is 18.7. The van der Waals surface area contributed by atoms with Crippen LogP contribution < -0.4 is 5.32 Å². The van der Waals surface area contributed by atoms with E-state index in [2.05, 4.69) is 24.1 Å². The summed E-state index contributed by atoms with van der Waals surface area (Å²) < 4.78 is 39.1. The van der Waals surface area contributed by atoms with E-state index < -0.39 is 11.7 Å². The summed E-state index contributed by atoms with van der Waals surface area (Å²) in [5.74, 6) is -0.383. The van der Waals surface area contributed by atoms with Crippen molar-refractivity contribution in [3.05, 3.63) is 52.3 Å². The summed E-state index contributed by atoms with van der Waals surface area (Å²) in [7, 11) is 0. The highest BCUT2D eigenvalue weighted by molar-refractivity contribution is 6.34. The monoisotopic (exact) mass is 360 g/mol. The van der Waals surface area contributed by atoms with Gasteiger partial charge in [0, 0.05) is 22.6 Å². The molecule has 2 heterocycles. The lowest BCUT2D eigenvalue weighted by Crippen LogP contribution is -2.22. The third-order valence-electron chi connectivity index (χ3n) is 5.31. The summed E-state index contributed by atoms with van der Waals surface area (Å²) in [6.07, 6.45) is 0.334. The summed E-state index contributed by atoms with van der Waals surface area (Å²) in [5.41, 5.74) is 3.37. The third-order valence-corrected chi connectivity index (χ3v) is 5.31. The van der Waals surface area contributed by atoms with Crippen LogP contribution in [0.2, 0.25) is 0 Å². The number of anilines is 1. The molecule has 0 bridgehead atoms. The van der Waals surface area contributed by atoms with Gasteiger partial charge in [-0.3, -0.25) is 4.79 Å². The first-order valence-corrected chi connectivity index (χ1v) is 8.62. The molecule has 2 aromatic rings. The van der Waals surface area contributed by atoms with Gasteiger partial charge in [-0.2, -0.15) is 13.2 Å². The number of alkyl halides is 3. The first kappa shape index (κ1) is 16.9. The Morgan fingerprint density at radius 3 is 2.65 bits per heavy atom. The zero-order valence-corrected chi connectivity index (χ0v) is 14.6. The molecule has 6 heteroatoms. The highest BCUT2D eigenvalue weighted by atomic mass is 19.4. The van der Waals surface area contributed by atoms with Crippen LogP contribution in [0.5, 0.6) is 0 Å². The van der Waals surface area contributed by atoms with E-state index in [-0.39, 0.29) is 22.5 Å². The number of rotatable bonds is 1. The van der Waals surface area contributed by atoms with Crippen molar-refractivity contribution in [2.24, 2.45) is 0 Å². The Morgan fingerprint density at radius 1 is 1.19 bits per heavy atom. The fraction of sp³-hybridized carbons (Fsp3) is 0.350. The summed E-state index contributed by atoms with van der Waals surface area (Å²) in [6.45, 7) is 4.37. The van der Waals surface area contributed by atoms with Crippen LogP contribution in [-0.4, -0.2) is 10.9 Å². The number of aromatic amines is 1. The Hall–Kier alpha value is -2.50. The van der Waals surface area contributed by atoms with Crippen molar-refractivity contribution >= 4 is 23.2 Å². The number of H-pyrrole nitrogens is 1. The standard InChI is InChI=1S/C20H19F3N2O/c1-19(2)7-3-4-17-15(19)10-12(24-17)9-14-13-8-11(20(21,22)23)5-6-16(13)25-18(14)26/h5-6,8-10,24H,3-4,7H2,1-2H3,(H,25,26). The molecule has 0 saturated carbocycles. The number of amides is 1. The van der Waals surface area contributed by atoms with Crippen molar-refractivity contribution in [1.29, 1.82) is 0 Å². The van der Waals surface area contributed by atoms with Crippen molar-refractivity contribution in [3.8, 4) is 0 Å². The van der Waals surface area contributed by atoms with Gasteiger partial charge in [0.2, 0.25) is 0 Å². The Morgan fingerprint density at radius 2 is 1.96 bits per heavy atom. The van der Waals surface area contributed by atoms with E-state index >= 15 is 0 Å². The number of aryl methyl sites for hydroxylation is 1. The maximum absolute atomic E-state index is 13.0. The molecule has 1 aliphatic carbocycles. The molecule has 1 aromatic heterocycles. The highest BCUT2D eigenvalue weighted by Gasteiger charge is 2.34. The van der Waals surface area contributed by atoms with Gasteiger partial charge in [-0.1, -0.05) is 13.8 Å². The van der Waals surface area contributed by atoms with Crippen LogP contribution in [0, 0.1) is 0 Å². The van der Waals surface area contributed by atoms with Gasteiger partial charge < -0.3 is 10.3 Å². The molecule has 4 rings (SSSR count). The largest absolute Gasteiger partial charge is 0.416 e. The van der Waals surface area contributed by atoms with Crippen LogP contribution in [0.1, 0.15) is 54.8 Å². The molecule has 0 unspecified atom stereocenters. The van der Waals surface area contributed by atoms with E-state index in [4.69, 9.17) is 0 Å². The van der Waals surface area contributed by atoms with Gasteiger partial charge in [-0.05, 0) is 60.6 Å². The number of hydrogen-bond acceptors (Lipinski definition) is 1. The van der Waals surface area contributed by atoms with E-state index in [1.807, 2.05) is 6.07 Å². The van der Waals surface area contributed by atoms with Gasteiger partial charge >= 0.3 is 6.18 Å². The Labute approximate surface area is 149 Å². The number of aromatic nitrogens is 1. The van der Waals surface area contributed by atoms with Crippen LogP contribution in [-0.2, 0) is 22.8 Å². The third kappa shape index (κ3) is 2.73. The molecule has 0 atom stereocenters. The van der Waals surface area contributed by atoms with E-state index in [0.29, 0.717) is 5.69 Å². The quantitative estimate of drug-likeness (QED) is 0.680. The smallest absolute Gasteiger partial charge is 0.359 e. The summed E-state index contributed by atoms with van der Waals surface area (Å²) in [5, 5.41) is 2.64. The summed E-state index contributed by atoms with van der Waals surface area (Å²) in [4.78, 5) is 15.6. The second kappa shape index (κ2) is 5.50. The highest BCUT2D eigenvalue weighted by Crippen LogP contribution is 2.40. The molecule has 3 nitrogen and oxygen atoms in total. The van der Waals surface area contributed by atoms with Gasteiger partial charge in [0.25, 0.3) is 5.91 Å². The van der Waals surface area contributed by atoms with Crippen LogP contribution in [0.15, 0.2) is 24.3 Å². The lowest BCUT2D eigenvalue weighted by molar-refractivity contribution is -0.137. The number of hydrogen-bond donors (Lipinski definition) is 2. The van der Waals surface area contributed by atoms with Crippen LogP contribution in [0.4, 0.5) is 18.9 Å². The lowest BCUT2D eigenvalue weighted by atomic mass is 9.75. The van der Waals surface area contributed by atoms with E-state index in [1.54, 1.807) is 6.08 Å². The summed E-state index contributed by atoms with van der Waals surface area (Å²) in [6, 6.07) is 5.34. The molecule has 1 amide bonds. The lowest BCUT2D eigenvalue weighted by Gasteiger charge is -2.29. The molecule has 0 radical (unpaired) electrons. The zero-order valence-electron chi connectivity index (χ0n) is 14.6. The van der Waals surface area contributed by atoms with Crippen LogP contribution >= 0.6 is 0 Å². The number of benzene rings is 1. The molecule has 0 spiro atoms. The molecular weight excluding hydrogens is 341 g/mol. The SMILES string of the molecule is CC1(C)CCCc2[nH]c(C=C3C(=O)Nc4ccc(C(F)(F)F)cc43)cc21. The maximum Gasteiger partial charge on any atom is 0.416 e. The molecule has 2 N–H and O–H groups in total. The number of carbonyl (C=O) groups is 1. The van der Waals surface area contributed by atoms with Gasteiger partial charge in [0.15, 0.2) is 0 Å². The number of halogens is 3. The number of nitrogens with one attached hydrogen (secondary N) is 2. The van der Waals surface area contributed by atoms with Gasteiger partial charge in [-0.25, -0.2) is 0 Å². The first-order valence-electron chi connectivity index (χ1n) is 8.62. The molecule has 0 saturated heterocycles. The fourth-order valence-electron chi connectivity index (χ4n) is 3.90. The average Bonchev–Trinajstić information content (AvgIpc) is 3.08. The van der Waals surface area contributed by atoms with E-state index in [0.717, 1.165) is 42.8 Å². The fourth-order valence-corrected chi connectivity index (χ4v) is 3.90. The van der Waals surface area contributed by atoms with E-state index in [9.17, 15) is 18.0 Å². The van der Waals surface area contributed by atoms with E-state index in [1.165, 1.54) is 11.6 Å². The molecule has 1 aliphatic heterocycles. The van der Waals surface area contributed by atoms with Gasteiger partial charge in [0.1, 0.15) is 0 Å². The Bertz CT molecular complexity index is 935. The minimum absolute atomic E-state index is 0.0557. The minimum Gasteiger partial charge on any atom is -0.359 e. The average molecular weight is 360 g/mol.